The Hall–Kier alpha value is -1.26. The quantitative estimate of drug-likeness (QED) is 0.734. The van der Waals surface area contributed by atoms with Crippen LogP contribution in [0.25, 0.3) is 0 Å². The van der Waals surface area contributed by atoms with Crippen molar-refractivity contribution in [2.75, 3.05) is 6.54 Å². The number of hydrogen-bond donors (Lipinski definition) is 1. The highest BCUT2D eigenvalue weighted by Gasteiger charge is 2.11. The van der Waals surface area contributed by atoms with Crippen LogP contribution in [0.15, 0.2) is 24.3 Å². The van der Waals surface area contributed by atoms with E-state index in [1.54, 1.807) is 23.5 Å². The lowest BCUT2D eigenvalue weighted by atomic mass is 10.1. The Morgan fingerprint density at radius 3 is 2.81 bits per heavy atom. The van der Waals surface area contributed by atoms with Crippen molar-refractivity contribution >= 4 is 11.3 Å². The predicted molar refractivity (Wildman–Crippen MR) is 87.3 cm³/mol. The van der Waals surface area contributed by atoms with Crippen LogP contribution in [0.2, 0.25) is 0 Å². The smallest absolute Gasteiger partial charge is 0.123 e. The highest BCUT2D eigenvalue weighted by molar-refractivity contribution is 7.11. The minimum Gasteiger partial charge on any atom is -0.312 e. The molecule has 0 radical (unpaired) electrons. The molecular formula is C17H23FN2S. The van der Waals surface area contributed by atoms with Gasteiger partial charge in [-0.05, 0) is 37.1 Å². The maximum absolute atomic E-state index is 13.3. The number of nitrogens with zero attached hydrogens (tertiary/aromatic N) is 1. The molecule has 0 spiro atoms. The average Bonchev–Trinajstić information content (AvgIpc) is 2.81. The minimum atomic E-state index is -0.178. The molecule has 0 aliphatic carbocycles. The van der Waals surface area contributed by atoms with Gasteiger partial charge >= 0.3 is 0 Å². The number of thiazole rings is 1. The summed E-state index contributed by atoms with van der Waals surface area (Å²) in [5.74, 6) is -0.178. The van der Waals surface area contributed by atoms with Crippen LogP contribution < -0.4 is 5.32 Å². The molecule has 0 saturated carbocycles. The van der Waals surface area contributed by atoms with Gasteiger partial charge in [-0.15, -0.1) is 11.3 Å². The summed E-state index contributed by atoms with van der Waals surface area (Å²) in [6.07, 6.45) is 3.97. The molecule has 1 aromatic heterocycles. The number of rotatable bonds is 8. The van der Waals surface area contributed by atoms with Crippen molar-refractivity contribution in [1.82, 2.24) is 10.3 Å². The fourth-order valence-electron chi connectivity index (χ4n) is 2.28. The molecule has 0 saturated heterocycles. The lowest BCUT2D eigenvalue weighted by Crippen LogP contribution is -2.13. The van der Waals surface area contributed by atoms with Gasteiger partial charge in [-0.25, -0.2) is 9.37 Å². The molecule has 1 heterocycles. The van der Waals surface area contributed by atoms with Gasteiger partial charge in [-0.3, -0.25) is 0 Å². The molecule has 0 atom stereocenters. The summed E-state index contributed by atoms with van der Waals surface area (Å²) < 4.78 is 13.3. The minimum absolute atomic E-state index is 0.178. The van der Waals surface area contributed by atoms with Crippen molar-refractivity contribution in [3.05, 3.63) is 51.2 Å². The van der Waals surface area contributed by atoms with Gasteiger partial charge in [0.15, 0.2) is 0 Å². The summed E-state index contributed by atoms with van der Waals surface area (Å²) in [6.45, 7) is 6.27. The van der Waals surface area contributed by atoms with Crippen molar-refractivity contribution in [3.8, 4) is 0 Å². The second-order valence-electron chi connectivity index (χ2n) is 5.21. The fraction of sp³-hybridized carbons (Fsp3) is 0.471. The van der Waals surface area contributed by atoms with Gasteiger partial charge in [0.25, 0.3) is 0 Å². The maximum Gasteiger partial charge on any atom is 0.123 e. The molecule has 1 N–H and O–H groups in total. The highest BCUT2D eigenvalue weighted by Crippen LogP contribution is 2.22. The second kappa shape index (κ2) is 8.25. The zero-order valence-corrected chi connectivity index (χ0v) is 13.6. The third kappa shape index (κ3) is 4.90. The average molecular weight is 306 g/mol. The van der Waals surface area contributed by atoms with Gasteiger partial charge < -0.3 is 5.32 Å². The summed E-state index contributed by atoms with van der Waals surface area (Å²) in [7, 11) is 0. The van der Waals surface area contributed by atoms with E-state index < -0.39 is 0 Å². The number of halogens is 1. The SMILES string of the molecule is CCCNCc1sc(Cc2cccc(F)c2)nc1CCC. The molecule has 0 fully saturated rings. The Balaban J connectivity index is 2.10. The van der Waals surface area contributed by atoms with E-state index in [0.29, 0.717) is 6.42 Å². The first-order valence-corrected chi connectivity index (χ1v) is 8.47. The molecule has 0 amide bonds. The standard InChI is InChI=1S/C17H23FN2S/c1-3-6-15-16(12-19-9-4-2)21-17(20-15)11-13-7-5-8-14(18)10-13/h5,7-8,10,19H,3-4,6,9,11-12H2,1-2H3. The largest absolute Gasteiger partial charge is 0.312 e. The Bertz CT molecular complexity index is 566. The van der Waals surface area contributed by atoms with Gasteiger partial charge in [0.1, 0.15) is 5.82 Å². The first-order valence-electron chi connectivity index (χ1n) is 7.65. The van der Waals surface area contributed by atoms with Crippen molar-refractivity contribution in [1.29, 1.82) is 0 Å². The van der Waals surface area contributed by atoms with E-state index in [2.05, 4.69) is 19.2 Å². The van der Waals surface area contributed by atoms with Crippen LogP contribution in [-0.2, 0) is 19.4 Å². The fourth-order valence-corrected chi connectivity index (χ4v) is 3.40. The second-order valence-corrected chi connectivity index (χ2v) is 6.38. The van der Waals surface area contributed by atoms with Crippen molar-refractivity contribution in [2.24, 2.45) is 0 Å². The Labute approximate surface area is 130 Å². The van der Waals surface area contributed by atoms with Crippen molar-refractivity contribution in [3.63, 3.8) is 0 Å². The van der Waals surface area contributed by atoms with Crippen LogP contribution >= 0.6 is 11.3 Å². The number of aryl methyl sites for hydroxylation is 1. The first kappa shape index (κ1) is 16.1. The number of nitrogens with one attached hydrogen (secondary N) is 1. The molecule has 21 heavy (non-hydrogen) atoms. The topological polar surface area (TPSA) is 24.9 Å². The molecule has 114 valence electrons. The van der Waals surface area contributed by atoms with Gasteiger partial charge in [-0.2, -0.15) is 0 Å². The van der Waals surface area contributed by atoms with E-state index in [4.69, 9.17) is 4.98 Å². The van der Waals surface area contributed by atoms with Gasteiger partial charge in [0.05, 0.1) is 10.7 Å². The molecule has 2 nitrogen and oxygen atoms in total. The van der Waals surface area contributed by atoms with E-state index in [9.17, 15) is 4.39 Å². The molecular weight excluding hydrogens is 283 g/mol. The molecule has 0 unspecified atom stereocenters. The Morgan fingerprint density at radius 2 is 2.10 bits per heavy atom. The summed E-state index contributed by atoms with van der Waals surface area (Å²) in [6, 6.07) is 6.79. The molecule has 0 aliphatic heterocycles. The zero-order chi connectivity index (χ0) is 15.1. The molecule has 0 aliphatic rings. The normalized spacial score (nSPS) is 11.0. The van der Waals surface area contributed by atoms with E-state index in [1.807, 2.05) is 6.07 Å². The summed E-state index contributed by atoms with van der Waals surface area (Å²) >= 11 is 1.75. The third-order valence-corrected chi connectivity index (χ3v) is 4.36. The summed E-state index contributed by atoms with van der Waals surface area (Å²) in [4.78, 5) is 6.09. The summed E-state index contributed by atoms with van der Waals surface area (Å²) in [5, 5.41) is 4.53. The van der Waals surface area contributed by atoms with Crippen LogP contribution in [0.5, 0.6) is 0 Å². The van der Waals surface area contributed by atoms with E-state index in [1.165, 1.54) is 16.6 Å². The number of aromatic nitrogens is 1. The van der Waals surface area contributed by atoms with Crippen LogP contribution in [0.4, 0.5) is 4.39 Å². The molecule has 2 aromatic rings. The zero-order valence-electron chi connectivity index (χ0n) is 12.8. The lowest BCUT2D eigenvalue weighted by Gasteiger charge is -2.02. The van der Waals surface area contributed by atoms with Crippen LogP contribution in [0.3, 0.4) is 0 Å². The predicted octanol–water partition coefficient (Wildman–Crippen LogP) is 4.33. The monoisotopic (exact) mass is 306 g/mol. The van der Waals surface area contributed by atoms with E-state index in [0.717, 1.165) is 42.9 Å². The van der Waals surface area contributed by atoms with Crippen LogP contribution in [0, 0.1) is 5.82 Å². The summed E-state index contributed by atoms with van der Waals surface area (Å²) in [5.41, 5.74) is 2.19. The molecule has 2 rings (SSSR count). The van der Waals surface area contributed by atoms with Crippen LogP contribution in [-0.4, -0.2) is 11.5 Å². The van der Waals surface area contributed by atoms with Crippen molar-refractivity contribution < 1.29 is 4.39 Å². The van der Waals surface area contributed by atoms with E-state index >= 15 is 0 Å². The van der Waals surface area contributed by atoms with Gasteiger partial charge in [0.2, 0.25) is 0 Å². The lowest BCUT2D eigenvalue weighted by molar-refractivity contribution is 0.626. The molecule has 0 bridgehead atoms. The van der Waals surface area contributed by atoms with Gasteiger partial charge in [0, 0.05) is 17.8 Å². The first-order chi connectivity index (χ1) is 10.2. The molecule has 4 heteroatoms. The van der Waals surface area contributed by atoms with Crippen LogP contribution in [0.1, 0.15) is 47.8 Å². The van der Waals surface area contributed by atoms with Crippen molar-refractivity contribution in [2.45, 2.75) is 46.1 Å². The highest BCUT2D eigenvalue weighted by atomic mass is 32.1. The maximum atomic E-state index is 13.3. The Kier molecular flexibility index (Phi) is 6.33. The number of hydrogen-bond acceptors (Lipinski definition) is 3. The third-order valence-electron chi connectivity index (χ3n) is 3.27. The van der Waals surface area contributed by atoms with E-state index in [-0.39, 0.29) is 5.82 Å². The number of benzene rings is 1. The molecule has 1 aromatic carbocycles. The Morgan fingerprint density at radius 1 is 1.24 bits per heavy atom. The van der Waals surface area contributed by atoms with Gasteiger partial charge in [-0.1, -0.05) is 32.4 Å².